The number of nitrogens with two attached hydrogens (primary N) is 1. The Balaban J connectivity index is 0.000000182. The second-order valence-electron chi connectivity index (χ2n) is 7.02. The molecule has 4 N–H and O–H groups in total. The fraction of sp³-hybridized carbons (Fsp3) is 0.167. The Bertz CT molecular complexity index is 1190. The normalized spacial score (nSPS) is 11.8. The van der Waals surface area contributed by atoms with Crippen LogP contribution in [0.4, 0.5) is 5.69 Å². The molecule has 0 atom stereocenters. The number of hydrogen-bond donors (Lipinski definition) is 3. The van der Waals surface area contributed by atoms with Crippen LogP contribution in [-0.2, 0) is 11.2 Å². The van der Waals surface area contributed by atoms with Crippen LogP contribution in [0.25, 0.3) is 0 Å². The van der Waals surface area contributed by atoms with Gasteiger partial charge in [-0.05, 0) is 36.3 Å². The predicted molar refractivity (Wildman–Crippen MR) is 121 cm³/mol. The Hall–Kier alpha value is -4.38. The van der Waals surface area contributed by atoms with Gasteiger partial charge in [-0.2, -0.15) is 0 Å². The summed E-state index contributed by atoms with van der Waals surface area (Å²) in [5.41, 5.74) is 8.46. The molecular weight excluding hydrogens is 406 g/mol. The van der Waals surface area contributed by atoms with Gasteiger partial charge in [0.2, 0.25) is 11.7 Å². The van der Waals surface area contributed by atoms with Gasteiger partial charge in [-0.25, -0.2) is 4.98 Å². The molecular formula is C24H23N5O3. The summed E-state index contributed by atoms with van der Waals surface area (Å²) < 4.78 is 5.45. The molecule has 2 aromatic carbocycles. The van der Waals surface area contributed by atoms with Crippen molar-refractivity contribution in [2.24, 2.45) is 5.73 Å². The van der Waals surface area contributed by atoms with Gasteiger partial charge >= 0.3 is 0 Å². The van der Waals surface area contributed by atoms with E-state index in [-0.39, 0.29) is 11.7 Å². The smallest absolute Gasteiger partial charge is 0.288 e. The molecule has 0 spiro atoms. The number of allylic oxidation sites excluding steroid dienone is 1. The van der Waals surface area contributed by atoms with Crippen LogP contribution in [0.2, 0.25) is 0 Å². The second kappa shape index (κ2) is 10.6. The minimum atomic E-state index is -0.620. The number of anilines is 1. The molecule has 8 nitrogen and oxygen atoms in total. The summed E-state index contributed by atoms with van der Waals surface area (Å²) in [5, 5.41) is 9.17. The molecule has 162 valence electrons. The highest BCUT2D eigenvalue weighted by Crippen LogP contribution is 2.27. The lowest BCUT2D eigenvalue weighted by atomic mass is 10.1. The summed E-state index contributed by atoms with van der Waals surface area (Å²) in [4.78, 5) is 26.1. The summed E-state index contributed by atoms with van der Waals surface area (Å²) in [6.45, 7) is 5.98. The van der Waals surface area contributed by atoms with Gasteiger partial charge in [0.05, 0.1) is 18.7 Å². The lowest BCUT2D eigenvalue weighted by Crippen LogP contribution is -2.12. The van der Waals surface area contributed by atoms with Gasteiger partial charge in [0, 0.05) is 12.0 Å². The maximum absolute atomic E-state index is 11.4. The molecule has 2 heterocycles. The highest BCUT2D eigenvalue weighted by molar-refractivity contribution is 5.93. The van der Waals surface area contributed by atoms with Gasteiger partial charge in [0.1, 0.15) is 11.6 Å². The zero-order valence-electron chi connectivity index (χ0n) is 17.6. The molecule has 0 saturated carbocycles. The third kappa shape index (κ3) is 6.57. The number of fused-ring (bicyclic) bond motifs is 1. The van der Waals surface area contributed by atoms with E-state index in [0.717, 1.165) is 16.7 Å². The minimum absolute atomic E-state index is 0.0286. The van der Waals surface area contributed by atoms with Crippen LogP contribution in [0.15, 0.2) is 60.7 Å². The molecule has 0 saturated heterocycles. The van der Waals surface area contributed by atoms with Gasteiger partial charge < -0.3 is 15.8 Å². The first-order valence-corrected chi connectivity index (χ1v) is 9.90. The van der Waals surface area contributed by atoms with Crippen molar-refractivity contribution in [3.05, 3.63) is 83.5 Å². The third-order valence-corrected chi connectivity index (χ3v) is 4.23. The molecule has 0 aliphatic carbocycles. The molecule has 2 amide bonds. The van der Waals surface area contributed by atoms with E-state index in [9.17, 15) is 9.59 Å². The number of aromatic amines is 1. The first-order valence-electron chi connectivity index (χ1n) is 9.90. The van der Waals surface area contributed by atoms with E-state index in [1.165, 1.54) is 0 Å². The Morgan fingerprint density at radius 1 is 1.25 bits per heavy atom. The van der Waals surface area contributed by atoms with Crippen molar-refractivity contribution in [2.75, 3.05) is 11.9 Å². The molecule has 0 fully saturated rings. The van der Waals surface area contributed by atoms with E-state index < -0.39 is 5.91 Å². The molecule has 0 bridgehead atoms. The SMILES string of the molecule is C=C(C)C#Cc1ccc2c(c1)NC(=O)CCO2.NC(=O)c1n[nH]c(Cc2ccccc2)n1. The molecule has 1 aromatic heterocycles. The zero-order chi connectivity index (χ0) is 22.9. The van der Waals surface area contributed by atoms with E-state index >= 15 is 0 Å². The molecule has 0 radical (unpaired) electrons. The summed E-state index contributed by atoms with van der Waals surface area (Å²) in [7, 11) is 0. The molecule has 1 aliphatic rings. The standard InChI is InChI=1S/C14H13NO2.C10H10N4O/c1-10(2)3-4-11-5-6-13-12(9-11)15-14(16)7-8-17-13;11-9(15)10-12-8(13-14-10)6-7-4-2-1-3-5-7/h5-6,9H,1,7-8H2,2H3,(H,15,16);1-5H,6H2,(H2,11,15)(H,12,13,14). The lowest BCUT2D eigenvalue weighted by molar-refractivity contribution is -0.116. The van der Waals surface area contributed by atoms with Crippen LogP contribution in [0.3, 0.4) is 0 Å². The molecule has 4 rings (SSSR count). The number of amides is 2. The lowest BCUT2D eigenvalue weighted by Gasteiger charge is -2.06. The number of nitrogens with one attached hydrogen (secondary N) is 2. The Morgan fingerprint density at radius 2 is 2.03 bits per heavy atom. The Kier molecular flexibility index (Phi) is 7.38. The van der Waals surface area contributed by atoms with Crippen LogP contribution in [-0.4, -0.2) is 33.6 Å². The summed E-state index contributed by atoms with van der Waals surface area (Å²) >= 11 is 0. The van der Waals surface area contributed by atoms with Gasteiger partial charge in [0.15, 0.2) is 0 Å². The van der Waals surface area contributed by atoms with E-state index in [4.69, 9.17) is 10.5 Å². The number of ether oxygens (including phenoxy) is 1. The quantitative estimate of drug-likeness (QED) is 0.553. The first kappa shape index (κ1) is 22.3. The number of benzene rings is 2. The highest BCUT2D eigenvalue weighted by atomic mass is 16.5. The van der Waals surface area contributed by atoms with E-state index in [2.05, 4.69) is 38.9 Å². The van der Waals surface area contributed by atoms with Crippen molar-refractivity contribution < 1.29 is 14.3 Å². The summed E-state index contributed by atoms with van der Waals surface area (Å²) in [5.74, 6) is 6.57. The third-order valence-electron chi connectivity index (χ3n) is 4.23. The number of aromatic nitrogens is 3. The largest absolute Gasteiger partial charge is 0.491 e. The molecule has 32 heavy (non-hydrogen) atoms. The van der Waals surface area contributed by atoms with Crippen molar-refractivity contribution in [2.45, 2.75) is 19.8 Å². The predicted octanol–water partition coefficient (Wildman–Crippen LogP) is 2.83. The van der Waals surface area contributed by atoms with Crippen LogP contribution < -0.4 is 15.8 Å². The summed E-state index contributed by atoms with van der Waals surface area (Å²) in [6, 6.07) is 15.3. The van der Waals surface area contributed by atoms with Crippen molar-refractivity contribution in [1.82, 2.24) is 15.2 Å². The van der Waals surface area contributed by atoms with Crippen molar-refractivity contribution in [3.63, 3.8) is 0 Å². The number of nitrogens with zero attached hydrogens (tertiary/aromatic N) is 2. The van der Waals surface area contributed by atoms with Crippen molar-refractivity contribution in [1.29, 1.82) is 0 Å². The zero-order valence-corrected chi connectivity index (χ0v) is 17.6. The molecule has 8 heteroatoms. The van der Waals surface area contributed by atoms with E-state index in [1.54, 1.807) is 0 Å². The van der Waals surface area contributed by atoms with Crippen LogP contribution in [0.5, 0.6) is 5.75 Å². The number of carbonyl (C=O) groups is 2. The minimum Gasteiger partial charge on any atom is -0.491 e. The molecule has 1 aliphatic heterocycles. The number of rotatable bonds is 3. The fourth-order valence-corrected chi connectivity index (χ4v) is 2.75. The van der Waals surface area contributed by atoms with Gasteiger partial charge in [-0.1, -0.05) is 48.8 Å². The van der Waals surface area contributed by atoms with Gasteiger partial charge in [-0.15, -0.1) is 5.10 Å². The van der Waals surface area contributed by atoms with Crippen LogP contribution >= 0.6 is 0 Å². The highest BCUT2D eigenvalue weighted by Gasteiger charge is 2.13. The van der Waals surface area contributed by atoms with Crippen molar-refractivity contribution >= 4 is 17.5 Å². The maximum Gasteiger partial charge on any atom is 0.288 e. The second-order valence-corrected chi connectivity index (χ2v) is 7.02. The van der Waals surface area contributed by atoms with Crippen LogP contribution in [0, 0.1) is 11.8 Å². The first-order chi connectivity index (χ1) is 15.4. The molecule has 0 unspecified atom stereocenters. The number of hydrogen-bond acceptors (Lipinski definition) is 5. The number of H-pyrrole nitrogens is 1. The topological polar surface area (TPSA) is 123 Å². The molecule has 3 aromatic rings. The number of carbonyl (C=O) groups excluding carboxylic acids is 2. The average molecular weight is 429 g/mol. The average Bonchev–Trinajstić information content (AvgIpc) is 3.15. The monoisotopic (exact) mass is 429 g/mol. The Labute approximate surface area is 185 Å². The van der Waals surface area contributed by atoms with Gasteiger partial charge in [-0.3, -0.25) is 14.7 Å². The number of primary amides is 1. The Morgan fingerprint density at radius 3 is 2.72 bits per heavy atom. The van der Waals surface area contributed by atoms with E-state index in [1.807, 2.05) is 55.5 Å². The van der Waals surface area contributed by atoms with Crippen molar-refractivity contribution in [3.8, 4) is 17.6 Å². The summed E-state index contributed by atoms with van der Waals surface area (Å²) in [6.07, 6.45) is 0.989. The van der Waals surface area contributed by atoms with Crippen LogP contribution in [0.1, 0.15) is 40.9 Å². The maximum atomic E-state index is 11.4. The fourth-order valence-electron chi connectivity index (χ4n) is 2.75. The van der Waals surface area contributed by atoms with E-state index in [0.29, 0.717) is 36.7 Å². The van der Waals surface area contributed by atoms with Gasteiger partial charge in [0.25, 0.3) is 5.91 Å².